The normalized spacial score (nSPS) is 10.3. The molecule has 0 aliphatic carbocycles. The Balaban J connectivity index is 1.97. The topological polar surface area (TPSA) is 68.0 Å². The first-order valence-electron chi connectivity index (χ1n) is 5.67. The largest absolute Gasteiger partial charge is 0.347 e. The molecule has 0 radical (unpaired) electrons. The van der Waals surface area contributed by atoms with Crippen LogP contribution in [0.25, 0.3) is 0 Å². The van der Waals surface area contributed by atoms with Crippen molar-refractivity contribution in [1.29, 1.82) is 0 Å². The molecular formula is C13H15N3OS. The van der Waals surface area contributed by atoms with Gasteiger partial charge >= 0.3 is 0 Å². The van der Waals surface area contributed by atoms with E-state index in [-0.39, 0.29) is 5.91 Å². The number of carbonyl (C=O) groups excluding carboxylic acids is 1. The maximum atomic E-state index is 11.9. The number of thiazole rings is 1. The molecule has 3 N–H and O–H groups in total. The van der Waals surface area contributed by atoms with Gasteiger partial charge in [0.1, 0.15) is 0 Å². The van der Waals surface area contributed by atoms with Gasteiger partial charge in [0.2, 0.25) is 0 Å². The molecule has 1 aromatic heterocycles. The minimum absolute atomic E-state index is 0.0774. The molecule has 1 heterocycles. The first kappa shape index (κ1) is 12.7. The summed E-state index contributed by atoms with van der Waals surface area (Å²) in [5.74, 6) is -0.0774. The number of carbonyl (C=O) groups is 1. The molecule has 0 atom stereocenters. The Morgan fingerprint density at radius 2 is 2.11 bits per heavy atom. The fourth-order valence-corrected chi connectivity index (χ4v) is 2.27. The first-order chi connectivity index (χ1) is 8.70. The number of hydrogen-bond donors (Lipinski definition) is 2. The van der Waals surface area contributed by atoms with Crippen molar-refractivity contribution in [1.82, 2.24) is 10.3 Å². The molecular weight excluding hydrogens is 246 g/mol. The van der Waals surface area contributed by atoms with Gasteiger partial charge in [-0.2, -0.15) is 0 Å². The maximum absolute atomic E-state index is 11.9. The van der Waals surface area contributed by atoms with Gasteiger partial charge in [0.05, 0.1) is 17.7 Å². The highest BCUT2D eigenvalue weighted by Gasteiger charge is 2.07. The van der Waals surface area contributed by atoms with Crippen LogP contribution in [-0.2, 0) is 13.1 Å². The molecule has 5 heteroatoms. The van der Waals surface area contributed by atoms with Crippen molar-refractivity contribution in [3.8, 4) is 0 Å². The Labute approximate surface area is 110 Å². The highest BCUT2D eigenvalue weighted by atomic mass is 32.1. The van der Waals surface area contributed by atoms with E-state index < -0.39 is 0 Å². The number of nitrogens with one attached hydrogen (secondary N) is 1. The smallest absolute Gasteiger partial charge is 0.251 e. The predicted octanol–water partition coefficient (Wildman–Crippen LogP) is 1.84. The molecule has 1 aromatic carbocycles. The highest BCUT2D eigenvalue weighted by molar-refractivity contribution is 7.09. The van der Waals surface area contributed by atoms with Crippen LogP contribution in [0.3, 0.4) is 0 Å². The molecule has 0 saturated carbocycles. The summed E-state index contributed by atoms with van der Waals surface area (Å²) in [7, 11) is 0. The fraction of sp³-hybridized carbons (Fsp3) is 0.231. The zero-order valence-corrected chi connectivity index (χ0v) is 11.0. The quantitative estimate of drug-likeness (QED) is 0.882. The van der Waals surface area contributed by atoms with Gasteiger partial charge in [0.15, 0.2) is 0 Å². The first-order valence-corrected chi connectivity index (χ1v) is 6.55. The van der Waals surface area contributed by atoms with E-state index in [1.807, 2.05) is 19.1 Å². The molecule has 0 saturated heterocycles. The van der Waals surface area contributed by atoms with Gasteiger partial charge in [0, 0.05) is 17.0 Å². The van der Waals surface area contributed by atoms with Crippen LogP contribution in [0.1, 0.15) is 26.5 Å². The van der Waals surface area contributed by atoms with Gasteiger partial charge in [-0.1, -0.05) is 12.1 Å². The Morgan fingerprint density at radius 3 is 2.67 bits per heavy atom. The van der Waals surface area contributed by atoms with E-state index in [1.54, 1.807) is 29.0 Å². The Bertz CT molecular complexity index is 533. The monoisotopic (exact) mass is 261 g/mol. The Hall–Kier alpha value is -1.72. The molecule has 2 aromatic rings. The number of nitrogens with zero attached hydrogens (tertiary/aromatic N) is 1. The van der Waals surface area contributed by atoms with Gasteiger partial charge in [-0.15, -0.1) is 11.3 Å². The second kappa shape index (κ2) is 5.75. The lowest BCUT2D eigenvalue weighted by Crippen LogP contribution is -2.22. The third-order valence-corrected chi connectivity index (χ3v) is 3.64. The fourth-order valence-electron chi connectivity index (χ4n) is 1.55. The summed E-state index contributed by atoms with van der Waals surface area (Å²) in [6, 6.07) is 7.31. The molecule has 0 aliphatic rings. The van der Waals surface area contributed by atoms with Crippen LogP contribution in [0.5, 0.6) is 0 Å². The minimum atomic E-state index is -0.0774. The van der Waals surface area contributed by atoms with Crippen LogP contribution >= 0.6 is 11.3 Å². The molecule has 0 fully saturated rings. The minimum Gasteiger partial charge on any atom is -0.347 e. The van der Waals surface area contributed by atoms with Crippen LogP contribution in [0, 0.1) is 6.92 Å². The standard InChI is InChI=1S/C13H15N3OS/c1-9-12(18-8-16-9)7-15-13(17)11-4-2-10(6-14)3-5-11/h2-5,8H,6-7,14H2,1H3,(H,15,17). The number of nitrogens with two attached hydrogens (primary N) is 1. The average molecular weight is 261 g/mol. The van der Waals surface area contributed by atoms with E-state index >= 15 is 0 Å². The summed E-state index contributed by atoms with van der Waals surface area (Å²) < 4.78 is 0. The third-order valence-electron chi connectivity index (χ3n) is 2.71. The second-order valence-corrected chi connectivity index (χ2v) is 4.88. The van der Waals surface area contributed by atoms with Crippen LogP contribution in [0.2, 0.25) is 0 Å². The van der Waals surface area contributed by atoms with Gasteiger partial charge in [-0.25, -0.2) is 4.98 Å². The number of benzene rings is 1. The van der Waals surface area contributed by atoms with E-state index in [9.17, 15) is 4.79 Å². The summed E-state index contributed by atoms with van der Waals surface area (Å²) in [6.45, 7) is 2.95. The maximum Gasteiger partial charge on any atom is 0.251 e. The molecule has 18 heavy (non-hydrogen) atoms. The molecule has 0 unspecified atom stereocenters. The third kappa shape index (κ3) is 2.94. The van der Waals surface area contributed by atoms with Gasteiger partial charge in [-0.3, -0.25) is 4.79 Å². The van der Waals surface area contributed by atoms with Crippen LogP contribution in [0.15, 0.2) is 29.8 Å². The van der Waals surface area contributed by atoms with Crippen LogP contribution < -0.4 is 11.1 Å². The summed E-state index contributed by atoms with van der Waals surface area (Å²) in [5.41, 5.74) is 9.93. The van der Waals surface area contributed by atoms with Gasteiger partial charge < -0.3 is 11.1 Å². The molecule has 0 aliphatic heterocycles. The van der Waals surface area contributed by atoms with E-state index in [1.165, 1.54) is 0 Å². The van der Waals surface area contributed by atoms with E-state index in [0.29, 0.717) is 18.7 Å². The highest BCUT2D eigenvalue weighted by Crippen LogP contribution is 2.11. The number of aryl methyl sites for hydroxylation is 1. The van der Waals surface area contributed by atoms with E-state index in [0.717, 1.165) is 16.1 Å². The molecule has 1 amide bonds. The van der Waals surface area contributed by atoms with Crippen LogP contribution in [0.4, 0.5) is 0 Å². The van der Waals surface area contributed by atoms with Crippen molar-refractivity contribution in [2.24, 2.45) is 5.73 Å². The van der Waals surface area contributed by atoms with Crippen LogP contribution in [-0.4, -0.2) is 10.9 Å². The molecule has 0 bridgehead atoms. The van der Waals surface area contributed by atoms with Crippen molar-refractivity contribution >= 4 is 17.2 Å². The lowest BCUT2D eigenvalue weighted by Gasteiger charge is -2.05. The average Bonchev–Trinajstić information content (AvgIpc) is 2.81. The SMILES string of the molecule is Cc1ncsc1CNC(=O)c1ccc(CN)cc1. The lowest BCUT2D eigenvalue weighted by molar-refractivity contribution is 0.0951. The van der Waals surface area contributed by atoms with Crippen molar-refractivity contribution in [3.05, 3.63) is 51.5 Å². The lowest BCUT2D eigenvalue weighted by atomic mass is 10.1. The summed E-state index contributed by atoms with van der Waals surface area (Å²) in [5, 5.41) is 2.88. The predicted molar refractivity (Wildman–Crippen MR) is 72.4 cm³/mol. The van der Waals surface area contributed by atoms with Crippen molar-refractivity contribution in [3.63, 3.8) is 0 Å². The van der Waals surface area contributed by atoms with Crippen molar-refractivity contribution < 1.29 is 4.79 Å². The van der Waals surface area contributed by atoms with Crippen molar-refractivity contribution in [2.75, 3.05) is 0 Å². The zero-order chi connectivity index (χ0) is 13.0. The number of hydrogen-bond acceptors (Lipinski definition) is 4. The summed E-state index contributed by atoms with van der Waals surface area (Å²) in [4.78, 5) is 17.1. The summed E-state index contributed by atoms with van der Waals surface area (Å²) in [6.07, 6.45) is 0. The molecule has 94 valence electrons. The Morgan fingerprint density at radius 1 is 1.39 bits per heavy atom. The molecule has 4 nitrogen and oxygen atoms in total. The van der Waals surface area contributed by atoms with Gasteiger partial charge in [0.25, 0.3) is 5.91 Å². The number of rotatable bonds is 4. The molecule has 0 spiro atoms. The number of amides is 1. The van der Waals surface area contributed by atoms with Crippen molar-refractivity contribution in [2.45, 2.75) is 20.0 Å². The van der Waals surface area contributed by atoms with E-state index in [4.69, 9.17) is 5.73 Å². The zero-order valence-electron chi connectivity index (χ0n) is 10.1. The number of aromatic nitrogens is 1. The molecule has 2 rings (SSSR count). The second-order valence-electron chi connectivity index (χ2n) is 3.94. The van der Waals surface area contributed by atoms with Gasteiger partial charge in [-0.05, 0) is 24.6 Å². The summed E-state index contributed by atoms with van der Waals surface area (Å²) >= 11 is 1.55. The Kier molecular flexibility index (Phi) is 4.07. The van der Waals surface area contributed by atoms with E-state index in [2.05, 4.69) is 10.3 Å².